The molecule has 0 saturated heterocycles. The number of benzene rings is 9. The molecule has 1 aliphatic carbocycles. The Morgan fingerprint density at radius 3 is 1.76 bits per heavy atom. The Morgan fingerprint density at radius 2 is 1.00 bits per heavy atom. The van der Waals surface area contributed by atoms with Crippen LogP contribution in [-0.2, 0) is 5.41 Å². The molecule has 0 N–H and O–H groups in total. The Kier molecular flexibility index (Phi) is 5.70. The molecule has 0 saturated carbocycles. The minimum absolute atomic E-state index is 0.130. The SMILES string of the molecule is CC1(C)c2cc(-c3c4ccccc4c(-c4cccc5ccccc45)c4ccccc34)ccc2-c2c1ccc1cc3sc4ccccc4c3cc21. The number of hydrogen-bond donors (Lipinski definition) is 0. The van der Waals surface area contributed by atoms with Gasteiger partial charge >= 0.3 is 0 Å². The third-order valence-corrected chi connectivity index (χ3v) is 12.6. The van der Waals surface area contributed by atoms with Crippen LogP contribution in [0.15, 0.2) is 158 Å². The monoisotopic (exact) mass is 652 g/mol. The van der Waals surface area contributed by atoms with Crippen molar-refractivity contribution in [2.45, 2.75) is 19.3 Å². The van der Waals surface area contributed by atoms with Crippen molar-refractivity contribution in [2.24, 2.45) is 0 Å². The second-order valence-electron chi connectivity index (χ2n) is 14.4. The number of thiophene rings is 1. The van der Waals surface area contributed by atoms with E-state index in [1.807, 2.05) is 11.3 Å². The van der Waals surface area contributed by atoms with Gasteiger partial charge in [-0.15, -0.1) is 11.3 Å². The normalized spacial score (nSPS) is 13.6. The Bertz CT molecular complexity index is 3000. The largest absolute Gasteiger partial charge is 0.135 e. The smallest absolute Gasteiger partial charge is 0.0361 e. The quantitative estimate of drug-likeness (QED) is 0.163. The maximum atomic E-state index is 2.51. The summed E-state index contributed by atoms with van der Waals surface area (Å²) < 4.78 is 2.71. The van der Waals surface area contributed by atoms with Gasteiger partial charge in [0, 0.05) is 25.6 Å². The number of rotatable bonds is 2. The third-order valence-electron chi connectivity index (χ3n) is 11.4. The molecular weight excluding hydrogens is 621 g/mol. The summed E-state index contributed by atoms with van der Waals surface area (Å²) in [7, 11) is 0. The van der Waals surface area contributed by atoms with Crippen molar-refractivity contribution in [2.75, 3.05) is 0 Å². The first-order chi connectivity index (χ1) is 24.6. The van der Waals surface area contributed by atoms with Crippen molar-refractivity contribution in [3.8, 4) is 33.4 Å². The lowest BCUT2D eigenvalue weighted by Crippen LogP contribution is -2.15. The highest BCUT2D eigenvalue weighted by molar-refractivity contribution is 7.25. The molecule has 0 unspecified atom stereocenters. The van der Waals surface area contributed by atoms with Gasteiger partial charge in [-0.25, -0.2) is 0 Å². The lowest BCUT2D eigenvalue weighted by molar-refractivity contribution is 0.661. The van der Waals surface area contributed by atoms with Crippen molar-refractivity contribution >= 4 is 74.6 Å². The first-order valence-electron chi connectivity index (χ1n) is 17.5. The van der Waals surface area contributed by atoms with E-state index in [-0.39, 0.29) is 5.41 Å². The molecule has 0 spiro atoms. The summed E-state index contributed by atoms with van der Waals surface area (Å²) in [4.78, 5) is 0. The van der Waals surface area contributed by atoms with E-state index in [1.165, 1.54) is 108 Å². The van der Waals surface area contributed by atoms with Crippen LogP contribution in [-0.4, -0.2) is 0 Å². The molecule has 1 aliphatic rings. The average molecular weight is 653 g/mol. The molecule has 11 rings (SSSR count). The zero-order valence-corrected chi connectivity index (χ0v) is 28.7. The summed E-state index contributed by atoms with van der Waals surface area (Å²) in [6.07, 6.45) is 0. The van der Waals surface area contributed by atoms with Crippen LogP contribution in [0, 0.1) is 0 Å². The highest BCUT2D eigenvalue weighted by Crippen LogP contribution is 2.54. The first kappa shape index (κ1) is 28.1. The highest BCUT2D eigenvalue weighted by Gasteiger charge is 2.37. The summed E-state index contributed by atoms with van der Waals surface area (Å²) in [6.45, 7) is 4.82. The topological polar surface area (TPSA) is 0 Å². The predicted molar refractivity (Wildman–Crippen MR) is 218 cm³/mol. The lowest BCUT2D eigenvalue weighted by atomic mass is 9.80. The Labute approximate surface area is 294 Å². The van der Waals surface area contributed by atoms with Gasteiger partial charge in [-0.05, 0) is 112 Å². The van der Waals surface area contributed by atoms with E-state index >= 15 is 0 Å². The van der Waals surface area contributed by atoms with Crippen LogP contribution in [0.25, 0.3) is 96.6 Å². The molecule has 0 fully saturated rings. The van der Waals surface area contributed by atoms with Crippen LogP contribution in [0.3, 0.4) is 0 Å². The summed E-state index contributed by atoms with van der Waals surface area (Å²) in [5.74, 6) is 0. The van der Waals surface area contributed by atoms with Crippen molar-refractivity contribution < 1.29 is 0 Å². The van der Waals surface area contributed by atoms with Crippen LogP contribution in [0.2, 0.25) is 0 Å². The highest BCUT2D eigenvalue weighted by atomic mass is 32.1. The molecule has 0 radical (unpaired) electrons. The molecule has 0 aliphatic heterocycles. The molecule has 234 valence electrons. The van der Waals surface area contributed by atoms with Gasteiger partial charge < -0.3 is 0 Å². The Balaban J connectivity index is 1.18. The lowest BCUT2D eigenvalue weighted by Gasteiger charge is -2.23. The zero-order chi connectivity index (χ0) is 33.1. The fourth-order valence-electron chi connectivity index (χ4n) is 9.11. The minimum atomic E-state index is -0.130. The second kappa shape index (κ2) is 10.1. The second-order valence-corrected chi connectivity index (χ2v) is 15.5. The zero-order valence-electron chi connectivity index (χ0n) is 27.9. The molecule has 0 nitrogen and oxygen atoms in total. The average Bonchev–Trinajstić information content (AvgIpc) is 3.63. The van der Waals surface area contributed by atoms with Crippen molar-refractivity contribution in [1.29, 1.82) is 0 Å². The van der Waals surface area contributed by atoms with Crippen molar-refractivity contribution in [1.82, 2.24) is 0 Å². The van der Waals surface area contributed by atoms with E-state index < -0.39 is 0 Å². The molecule has 1 aromatic heterocycles. The van der Waals surface area contributed by atoms with Crippen LogP contribution in [0.4, 0.5) is 0 Å². The van der Waals surface area contributed by atoms with Gasteiger partial charge in [0.1, 0.15) is 0 Å². The van der Waals surface area contributed by atoms with Crippen LogP contribution in [0.5, 0.6) is 0 Å². The van der Waals surface area contributed by atoms with Gasteiger partial charge in [0.25, 0.3) is 0 Å². The molecular formula is C49H32S. The summed E-state index contributed by atoms with van der Waals surface area (Å²) in [5, 5.41) is 13.1. The van der Waals surface area contributed by atoms with E-state index in [9.17, 15) is 0 Å². The van der Waals surface area contributed by atoms with Gasteiger partial charge in [-0.2, -0.15) is 0 Å². The fraction of sp³-hybridized carbons (Fsp3) is 0.0612. The van der Waals surface area contributed by atoms with Crippen molar-refractivity contribution in [3.05, 3.63) is 169 Å². The van der Waals surface area contributed by atoms with Crippen LogP contribution < -0.4 is 0 Å². The summed E-state index contributed by atoms with van der Waals surface area (Å²) >= 11 is 1.90. The fourth-order valence-corrected chi connectivity index (χ4v) is 10.2. The maximum absolute atomic E-state index is 2.51. The Morgan fingerprint density at radius 1 is 0.360 bits per heavy atom. The molecule has 50 heavy (non-hydrogen) atoms. The standard InChI is InChI=1S/C49H32S/c1-49(2)42-25-23-30-27-45-41(33-15-9-10-21-44(33)50-45)28-40(30)48(42)39-24-22-31(26-43(39)49)46-35-16-5-7-18-37(35)47(38-19-8-6-17-36(38)46)34-20-11-13-29-12-3-4-14-32(29)34/h3-28H,1-2H3. The molecule has 0 bridgehead atoms. The van der Waals surface area contributed by atoms with Crippen LogP contribution in [0.1, 0.15) is 25.0 Å². The minimum Gasteiger partial charge on any atom is -0.135 e. The van der Waals surface area contributed by atoms with Gasteiger partial charge in [-0.1, -0.05) is 147 Å². The molecule has 9 aromatic carbocycles. The van der Waals surface area contributed by atoms with Gasteiger partial charge in [0.2, 0.25) is 0 Å². The van der Waals surface area contributed by atoms with E-state index in [2.05, 4.69) is 172 Å². The number of fused-ring (bicyclic) bond motifs is 11. The molecule has 0 atom stereocenters. The molecule has 1 heterocycles. The van der Waals surface area contributed by atoms with E-state index in [1.54, 1.807) is 0 Å². The molecule has 10 aromatic rings. The van der Waals surface area contributed by atoms with E-state index in [0.29, 0.717) is 0 Å². The Hall–Kier alpha value is -5.76. The van der Waals surface area contributed by atoms with Crippen molar-refractivity contribution in [3.63, 3.8) is 0 Å². The predicted octanol–water partition coefficient (Wildman–Crippen LogP) is 14.3. The summed E-state index contributed by atoms with van der Waals surface area (Å²) in [5.41, 5.74) is 10.6. The molecule has 1 heteroatoms. The van der Waals surface area contributed by atoms with Gasteiger partial charge in [-0.3, -0.25) is 0 Å². The third kappa shape index (κ3) is 3.76. The van der Waals surface area contributed by atoms with Gasteiger partial charge in [0.15, 0.2) is 0 Å². The van der Waals surface area contributed by atoms with E-state index in [4.69, 9.17) is 0 Å². The molecule has 0 amide bonds. The summed E-state index contributed by atoms with van der Waals surface area (Å²) in [6, 6.07) is 59.3. The van der Waals surface area contributed by atoms with Gasteiger partial charge in [0.05, 0.1) is 0 Å². The van der Waals surface area contributed by atoms with Crippen LogP contribution >= 0.6 is 11.3 Å². The van der Waals surface area contributed by atoms with E-state index in [0.717, 1.165) is 0 Å². The first-order valence-corrected chi connectivity index (χ1v) is 18.3. The maximum Gasteiger partial charge on any atom is 0.0361 e. The number of hydrogen-bond acceptors (Lipinski definition) is 1.